The van der Waals surface area contributed by atoms with Crippen LogP contribution in [0.15, 0.2) is 31.8 Å². The molecule has 0 aliphatic carbocycles. The minimum atomic E-state index is 0.514. The van der Waals surface area contributed by atoms with Crippen molar-refractivity contribution in [3.8, 4) is 0 Å². The van der Waals surface area contributed by atoms with E-state index in [4.69, 9.17) is 16.0 Å². The molecule has 98 valence electrons. The number of rotatable bonds is 3. The average molecular weight is 424 g/mol. The van der Waals surface area contributed by atoms with Gasteiger partial charge in [0.2, 0.25) is 0 Å². The van der Waals surface area contributed by atoms with E-state index in [1.165, 1.54) is 11.7 Å². The highest BCUT2D eigenvalue weighted by molar-refractivity contribution is 9.13. The first-order valence-electron chi connectivity index (χ1n) is 5.23. The Morgan fingerprint density at radius 3 is 2.89 bits per heavy atom. The Kier molecular flexibility index (Phi) is 3.79. The zero-order valence-corrected chi connectivity index (χ0v) is 14.0. The number of furan rings is 1. The van der Waals surface area contributed by atoms with Gasteiger partial charge in [-0.05, 0) is 50.1 Å². The lowest BCUT2D eigenvalue weighted by Crippen LogP contribution is -1.99. The van der Waals surface area contributed by atoms with Gasteiger partial charge in [-0.2, -0.15) is 8.75 Å². The standard InChI is InChI=1S/C11H6Br2ClN3OS/c12-6-3-5(18-11(6)13)4-15-9-7(14)1-2-8-10(9)17-19-16-8/h1-3,15H,4H2. The van der Waals surface area contributed by atoms with Crippen LogP contribution in [0.25, 0.3) is 11.0 Å². The number of aromatic nitrogens is 2. The van der Waals surface area contributed by atoms with Crippen molar-refractivity contribution in [3.05, 3.63) is 38.1 Å². The number of nitrogens with zero attached hydrogens (tertiary/aromatic N) is 2. The van der Waals surface area contributed by atoms with E-state index >= 15 is 0 Å². The number of halogens is 3. The van der Waals surface area contributed by atoms with Crippen molar-refractivity contribution < 1.29 is 4.42 Å². The second-order valence-electron chi connectivity index (χ2n) is 3.74. The molecule has 2 heterocycles. The summed E-state index contributed by atoms with van der Waals surface area (Å²) in [6, 6.07) is 5.55. The van der Waals surface area contributed by atoms with Gasteiger partial charge in [-0.15, -0.1) is 0 Å². The van der Waals surface area contributed by atoms with Crippen LogP contribution in [-0.2, 0) is 6.54 Å². The molecule has 0 unspecified atom stereocenters. The number of nitrogens with one attached hydrogen (secondary N) is 1. The Hall–Kier alpha value is -0.630. The summed E-state index contributed by atoms with van der Waals surface area (Å²) in [5.41, 5.74) is 2.39. The second kappa shape index (κ2) is 5.40. The molecule has 3 rings (SSSR count). The molecule has 2 aromatic heterocycles. The lowest BCUT2D eigenvalue weighted by Gasteiger charge is -2.06. The smallest absolute Gasteiger partial charge is 0.183 e. The van der Waals surface area contributed by atoms with Gasteiger partial charge < -0.3 is 9.73 Å². The van der Waals surface area contributed by atoms with Crippen molar-refractivity contribution in [2.24, 2.45) is 0 Å². The number of hydrogen-bond donors (Lipinski definition) is 1. The number of fused-ring (bicyclic) bond motifs is 1. The normalized spacial score (nSPS) is 11.1. The van der Waals surface area contributed by atoms with Gasteiger partial charge in [0, 0.05) is 0 Å². The van der Waals surface area contributed by atoms with E-state index < -0.39 is 0 Å². The van der Waals surface area contributed by atoms with E-state index in [9.17, 15) is 0 Å². The molecule has 1 aromatic carbocycles. The van der Waals surface area contributed by atoms with E-state index in [0.29, 0.717) is 16.2 Å². The third kappa shape index (κ3) is 2.65. The van der Waals surface area contributed by atoms with E-state index in [-0.39, 0.29) is 0 Å². The summed E-state index contributed by atoms with van der Waals surface area (Å²) in [5, 5.41) is 3.85. The van der Waals surface area contributed by atoms with Crippen molar-refractivity contribution in [1.29, 1.82) is 0 Å². The first kappa shape index (κ1) is 13.4. The maximum absolute atomic E-state index is 6.19. The molecular formula is C11H6Br2ClN3OS. The van der Waals surface area contributed by atoms with Gasteiger partial charge in [0.05, 0.1) is 33.5 Å². The van der Waals surface area contributed by atoms with Crippen molar-refractivity contribution in [1.82, 2.24) is 8.75 Å². The zero-order chi connectivity index (χ0) is 13.4. The molecule has 0 radical (unpaired) electrons. The Labute approximate surface area is 134 Å². The van der Waals surface area contributed by atoms with Crippen LogP contribution in [0.5, 0.6) is 0 Å². The highest BCUT2D eigenvalue weighted by Crippen LogP contribution is 2.31. The molecule has 1 N–H and O–H groups in total. The van der Waals surface area contributed by atoms with Crippen LogP contribution < -0.4 is 5.32 Å². The van der Waals surface area contributed by atoms with Crippen LogP contribution in [0.3, 0.4) is 0 Å². The van der Waals surface area contributed by atoms with E-state index in [2.05, 4.69) is 45.9 Å². The van der Waals surface area contributed by atoms with Crippen LogP contribution in [0.1, 0.15) is 5.76 Å². The monoisotopic (exact) mass is 421 g/mol. The molecule has 0 aliphatic heterocycles. The predicted molar refractivity (Wildman–Crippen MR) is 83.9 cm³/mol. The molecule has 4 nitrogen and oxygen atoms in total. The van der Waals surface area contributed by atoms with Gasteiger partial charge >= 0.3 is 0 Å². The van der Waals surface area contributed by atoms with E-state index in [1.807, 2.05) is 18.2 Å². The fourth-order valence-electron chi connectivity index (χ4n) is 1.65. The Bertz CT molecular complexity index is 723. The van der Waals surface area contributed by atoms with Crippen molar-refractivity contribution in [2.45, 2.75) is 6.54 Å². The zero-order valence-electron chi connectivity index (χ0n) is 9.28. The Morgan fingerprint density at radius 2 is 2.16 bits per heavy atom. The lowest BCUT2D eigenvalue weighted by molar-refractivity contribution is 0.494. The average Bonchev–Trinajstić information content (AvgIpc) is 2.96. The second-order valence-corrected chi connectivity index (χ2v) is 6.25. The number of hydrogen-bond acceptors (Lipinski definition) is 5. The summed E-state index contributed by atoms with van der Waals surface area (Å²) in [4.78, 5) is 0. The Balaban J connectivity index is 1.89. The fraction of sp³-hybridized carbons (Fsp3) is 0.0909. The minimum absolute atomic E-state index is 0.514. The highest BCUT2D eigenvalue weighted by Gasteiger charge is 2.11. The molecule has 0 fully saturated rings. The molecule has 0 saturated heterocycles. The third-order valence-electron chi connectivity index (χ3n) is 2.51. The fourth-order valence-corrected chi connectivity index (χ4v) is 3.07. The van der Waals surface area contributed by atoms with Gasteiger partial charge in [-0.3, -0.25) is 0 Å². The predicted octanol–water partition coefficient (Wildman–Crippen LogP) is 5.07. The number of anilines is 1. The maximum atomic E-state index is 6.19. The highest BCUT2D eigenvalue weighted by atomic mass is 79.9. The van der Waals surface area contributed by atoms with Crippen LogP contribution >= 0.6 is 55.2 Å². The van der Waals surface area contributed by atoms with Crippen LogP contribution in [0.2, 0.25) is 5.02 Å². The summed E-state index contributed by atoms with van der Waals surface area (Å²) < 4.78 is 15.5. The van der Waals surface area contributed by atoms with Crippen LogP contribution in [0, 0.1) is 0 Å². The molecule has 0 spiro atoms. The van der Waals surface area contributed by atoms with Gasteiger partial charge in [0.1, 0.15) is 16.8 Å². The third-order valence-corrected chi connectivity index (χ3v) is 5.08. The maximum Gasteiger partial charge on any atom is 0.183 e. The molecule has 0 amide bonds. The Morgan fingerprint density at radius 1 is 1.32 bits per heavy atom. The first-order valence-corrected chi connectivity index (χ1v) is 7.93. The summed E-state index contributed by atoms with van der Waals surface area (Å²) in [6.45, 7) is 0.514. The molecule has 0 saturated carbocycles. The quantitative estimate of drug-likeness (QED) is 0.639. The SMILES string of the molecule is Clc1ccc2nsnc2c1NCc1cc(Br)c(Br)o1. The molecule has 0 atom stereocenters. The van der Waals surface area contributed by atoms with Crippen LogP contribution in [-0.4, -0.2) is 8.75 Å². The van der Waals surface area contributed by atoms with Crippen LogP contribution in [0.4, 0.5) is 5.69 Å². The van der Waals surface area contributed by atoms with Crippen molar-refractivity contribution >= 4 is 71.9 Å². The topological polar surface area (TPSA) is 51.0 Å². The van der Waals surface area contributed by atoms with Crippen molar-refractivity contribution in [2.75, 3.05) is 5.32 Å². The molecule has 19 heavy (non-hydrogen) atoms. The summed E-state index contributed by atoms with van der Waals surface area (Å²) in [6.07, 6.45) is 0. The van der Waals surface area contributed by atoms with Gasteiger partial charge in [-0.1, -0.05) is 11.6 Å². The molecule has 8 heteroatoms. The van der Waals surface area contributed by atoms with Gasteiger partial charge in [0.15, 0.2) is 4.67 Å². The van der Waals surface area contributed by atoms with E-state index in [1.54, 1.807) is 0 Å². The summed E-state index contributed by atoms with van der Waals surface area (Å²) in [5.74, 6) is 0.787. The van der Waals surface area contributed by atoms with E-state index in [0.717, 1.165) is 27.0 Å². The lowest BCUT2D eigenvalue weighted by atomic mass is 10.2. The minimum Gasteiger partial charge on any atom is -0.451 e. The molecule has 0 bridgehead atoms. The summed E-state index contributed by atoms with van der Waals surface area (Å²) in [7, 11) is 0. The van der Waals surface area contributed by atoms with Crippen molar-refractivity contribution in [3.63, 3.8) is 0 Å². The molecule has 0 aliphatic rings. The molecule has 3 aromatic rings. The summed E-state index contributed by atoms with van der Waals surface area (Å²) >= 11 is 14.0. The first-order chi connectivity index (χ1) is 9.15. The van der Waals surface area contributed by atoms with Gasteiger partial charge in [0.25, 0.3) is 0 Å². The van der Waals surface area contributed by atoms with Gasteiger partial charge in [-0.25, -0.2) is 0 Å². The largest absolute Gasteiger partial charge is 0.451 e. The molecular weight excluding hydrogens is 417 g/mol. The number of benzene rings is 1.